The molecule has 102 valence electrons. The molecule has 2 N–H and O–H groups in total. The molecule has 0 saturated heterocycles. The molecule has 1 aromatic heterocycles. The Kier molecular flexibility index (Phi) is 3.06. The van der Waals surface area contributed by atoms with Crippen molar-refractivity contribution in [2.24, 2.45) is 5.73 Å². The lowest BCUT2D eigenvalue weighted by atomic mass is 9.98. The minimum Gasteiger partial charge on any atom is -0.324 e. The smallest absolute Gasteiger partial charge is 0.130 e. The normalized spacial score (nSPS) is 18.6. The van der Waals surface area contributed by atoms with Crippen LogP contribution in [-0.2, 0) is 5.54 Å². The maximum Gasteiger partial charge on any atom is 0.130 e. The number of rotatable bonds is 2. The summed E-state index contributed by atoms with van der Waals surface area (Å²) in [5, 5.41) is 0.748. The van der Waals surface area contributed by atoms with Crippen LogP contribution in [0, 0.1) is 0 Å². The lowest BCUT2D eigenvalue weighted by molar-refractivity contribution is 0.398. The molecule has 3 rings (SSSR count). The molecule has 0 unspecified atom stereocenters. The van der Waals surface area contributed by atoms with Gasteiger partial charge >= 0.3 is 0 Å². The van der Waals surface area contributed by atoms with E-state index in [9.17, 15) is 0 Å². The fourth-order valence-electron chi connectivity index (χ4n) is 3.17. The summed E-state index contributed by atoms with van der Waals surface area (Å²) in [5.41, 5.74) is 8.42. The van der Waals surface area contributed by atoms with Crippen LogP contribution in [0.5, 0.6) is 0 Å². The standard InChI is InChI=1S/C15H20ClN3/c1-10(2)19-13-9-11(16)5-6-12(13)18-14(19)15(17)7-3-4-8-15/h5-6,9-10H,3-4,7-8,17H2,1-2H3. The average Bonchev–Trinajstić information content (AvgIpc) is 2.93. The van der Waals surface area contributed by atoms with Gasteiger partial charge in [-0.25, -0.2) is 4.98 Å². The van der Waals surface area contributed by atoms with Crippen LogP contribution in [-0.4, -0.2) is 9.55 Å². The summed E-state index contributed by atoms with van der Waals surface area (Å²) in [6.45, 7) is 4.34. The molecule has 4 heteroatoms. The molecule has 0 amide bonds. The van der Waals surface area contributed by atoms with E-state index in [2.05, 4.69) is 18.4 Å². The highest BCUT2D eigenvalue weighted by Crippen LogP contribution is 2.38. The highest BCUT2D eigenvalue weighted by atomic mass is 35.5. The van der Waals surface area contributed by atoms with E-state index in [0.29, 0.717) is 6.04 Å². The summed E-state index contributed by atoms with van der Waals surface area (Å²) < 4.78 is 2.26. The minimum atomic E-state index is -0.268. The molecule has 19 heavy (non-hydrogen) atoms. The Bertz CT molecular complexity index is 609. The van der Waals surface area contributed by atoms with Gasteiger partial charge < -0.3 is 10.3 Å². The van der Waals surface area contributed by atoms with Crippen LogP contribution in [0.3, 0.4) is 0 Å². The fraction of sp³-hybridized carbons (Fsp3) is 0.533. The summed E-state index contributed by atoms with van der Waals surface area (Å²) >= 11 is 6.13. The Labute approximate surface area is 118 Å². The van der Waals surface area contributed by atoms with Crippen LogP contribution >= 0.6 is 11.6 Å². The predicted octanol–water partition coefficient (Wildman–Crippen LogP) is 4.00. The molecule has 0 radical (unpaired) electrons. The molecule has 1 heterocycles. The lowest BCUT2D eigenvalue weighted by Crippen LogP contribution is -2.36. The predicted molar refractivity (Wildman–Crippen MR) is 79.5 cm³/mol. The second-order valence-electron chi connectivity index (χ2n) is 5.90. The van der Waals surface area contributed by atoms with Gasteiger partial charge in [-0.1, -0.05) is 24.4 Å². The van der Waals surface area contributed by atoms with E-state index < -0.39 is 0 Å². The van der Waals surface area contributed by atoms with Crippen molar-refractivity contribution in [3.05, 3.63) is 29.0 Å². The van der Waals surface area contributed by atoms with Crippen LogP contribution in [0.15, 0.2) is 18.2 Å². The first-order valence-electron chi connectivity index (χ1n) is 6.98. The monoisotopic (exact) mass is 277 g/mol. The van der Waals surface area contributed by atoms with Gasteiger partial charge in [0.25, 0.3) is 0 Å². The molecular weight excluding hydrogens is 258 g/mol. The van der Waals surface area contributed by atoms with Gasteiger partial charge in [-0.3, -0.25) is 0 Å². The van der Waals surface area contributed by atoms with Crippen molar-refractivity contribution >= 4 is 22.6 Å². The van der Waals surface area contributed by atoms with Gasteiger partial charge in [0.15, 0.2) is 0 Å². The van der Waals surface area contributed by atoms with Gasteiger partial charge in [0.1, 0.15) is 5.82 Å². The molecule has 0 atom stereocenters. The number of halogens is 1. The van der Waals surface area contributed by atoms with Gasteiger partial charge in [-0.2, -0.15) is 0 Å². The molecule has 0 bridgehead atoms. The number of fused-ring (bicyclic) bond motifs is 1. The van der Waals surface area contributed by atoms with Crippen LogP contribution < -0.4 is 5.73 Å². The van der Waals surface area contributed by atoms with Crippen LogP contribution in [0.1, 0.15) is 51.4 Å². The molecule has 1 saturated carbocycles. The quantitative estimate of drug-likeness (QED) is 0.902. The number of nitrogens with two attached hydrogens (primary N) is 1. The molecular formula is C15H20ClN3. The SMILES string of the molecule is CC(C)n1c(C2(N)CCCC2)nc2ccc(Cl)cc21. The van der Waals surface area contributed by atoms with Gasteiger partial charge in [-0.05, 0) is 44.9 Å². The van der Waals surface area contributed by atoms with Gasteiger partial charge in [0.05, 0.1) is 16.6 Å². The van der Waals surface area contributed by atoms with Gasteiger partial charge in [-0.15, -0.1) is 0 Å². The first kappa shape index (κ1) is 12.9. The van der Waals surface area contributed by atoms with Gasteiger partial charge in [0.2, 0.25) is 0 Å². The summed E-state index contributed by atoms with van der Waals surface area (Å²) in [6, 6.07) is 6.20. The average molecular weight is 278 g/mol. The zero-order chi connectivity index (χ0) is 13.6. The van der Waals surface area contributed by atoms with Crippen molar-refractivity contribution in [1.29, 1.82) is 0 Å². The van der Waals surface area contributed by atoms with E-state index in [0.717, 1.165) is 34.7 Å². The number of hydrogen-bond acceptors (Lipinski definition) is 2. The highest BCUT2D eigenvalue weighted by molar-refractivity contribution is 6.31. The maximum atomic E-state index is 6.60. The Morgan fingerprint density at radius 2 is 2.00 bits per heavy atom. The molecule has 1 aliphatic carbocycles. The zero-order valence-electron chi connectivity index (χ0n) is 11.5. The van der Waals surface area contributed by atoms with E-state index in [1.807, 2.05) is 18.2 Å². The Morgan fingerprint density at radius 3 is 2.63 bits per heavy atom. The third-order valence-electron chi connectivity index (χ3n) is 4.11. The first-order chi connectivity index (χ1) is 9.01. The maximum absolute atomic E-state index is 6.60. The Hall–Kier alpha value is -1.06. The topological polar surface area (TPSA) is 43.8 Å². The van der Waals surface area contributed by atoms with Crippen molar-refractivity contribution < 1.29 is 0 Å². The number of hydrogen-bond donors (Lipinski definition) is 1. The third kappa shape index (κ3) is 2.05. The molecule has 1 aliphatic rings. The highest BCUT2D eigenvalue weighted by Gasteiger charge is 2.36. The summed E-state index contributed by atoms with van der Waals surface area (Å²) in [6.07, 6.45) is 4.44. The number of benzene rings is 1. The lowest BCUT2D eigenvalue weighted by Gasteiger charge is -2.26. The molecule has 3 nitrogen and oxygen atoms in total. The number of imidazole rings is 1. The summed E-state index contributed by atoms with van der Waals surface area (Å²) in [7, 11) is 0. The second kappa shape index (κ2) is 4.50. The van der Waals surface area contributed by atoms with E-state index in [4.69, 9.17) is 22.3 Å². The number of nitrogens with zero attached hydrogens (tertiary/aromatic N) is 2. The summed E-state index contributed by atoms with van der Waals surface area (Å²) in [5.74, 6) is 1.03. The number of aromatic nitrogens is 2. The molecule has 0 aliphatic heterocycles. The van der Waals surface area contributed by atoms with E-state index in [-0.39, 0.29) is 5.54 Å². The Morgan fingerprint density at radius 1 is 1.32 bits per heavy atom. The molecule has 2 aromatic rings. The van der Waals surface area contributed by atoms with E-state index in [1.165, 1.54) is 12.8 Å². The minimum absolute atomic E-state index is 0.268. The van der Waals surface area contributed by atoms with Crippen LogP contribution in [0.25, 0.3) is 11.0 Å². The third-order valence-corrected chi connectivity index (χ3v) is 4.34. The largest absolute Gasteiger partial charge is 0.324 e. The molecule has 0 spiro atoms. The molecule has 1 aromatic carbocycles. The van der Waals surface area contributed by atoms with E-state index in [1.54, 1.807) is 0 Å². The zero-order valence-corrected chi connectivity index (χ0v) is 12.2. The Balaban J connectivity index is 2.26. The van der Waals surface area contributed by atoms with Crippen LogP contribution in [0.4, 0.5) is 0 Å². The molecule has 1 fully saturated rings. The van der Waals surface area contributed by atoms with E-state index >= 15 is 0 Å². The van der Waals surface area contributed by atoms with Crippen molar-refractivity contribution in [3.63, 3.8) is 0 Å². The van der Waals surface area contributed by atoms with Crippen molar-refractivity contribution in [3.8, 4) is 0 Å². The first-order valence-corrected chi connectivity index (χ1v) is 7.36. The fourth-order valence-corrected chi connectivity index (χ4v) is 3.34. The van der Waals surface area contributed by atoms with Crippen LogP contribution in [0.2, 0.25) is 5.02 Å². The van der Waals surface area contributed by atoms with Crippen molar-refractivity contribution in [2.45, 2.75) is 51.1 Å². The van der Waals surface area contributed by atoms with Crippen molar-refractivity contribution in [2.75, 3.05) is 0 Å². The second-order valence-corrected chi connectivity index (χ2v) is 6.33. The van der Waals surface area contributed by atoms with Crippen molar-refractivity contribution in [1.82, 2.24) is 9.55 Å². The summed E-state index contributed by atoms with van der Waals surface area (Å²) in [4.78, 5) is 4.81. The van der Waals surface area contributed by atoms with Gasteiger partial charge in [0, 0.05) is 11.1 Å².